The third-order valence-corrected chi connectivity index (χ3v) is 5.71. The van der Waals surface area contributed by atoms with Crippen molar-refractivity contribution in [3.05, 3.63) is 89.9 Å². The summed E-state index contributed by atoms with van der Waals surface area (Å²) < 4.78 is 16.5. The average molecular weight is 482 g/mol. The molecule has 0 saturated heterocycles. The van der Waals surface area contributed by atoms with Gasteiger partial charge in [0, 0.05) is 5.69 Å². The molecule has 36 heavy (non-hydrogen) atoms. The maximum absolute atomic E-state index is 12.9. The number of carbonyl (C=O) groups is 2. The van der Waals surface area contributed by atoms with Crippen molar-refractivity contribution in [2.75, 3.05) is 5.32 Å². The molecule has 1 atom stereocenters. The van der Waals surface area contributed by atoms with Crippen LogP contribution in [-0.4, -0.2) is 27.9 Å². The molecule has 0 radical (unpaired) electrons. The number of hydrogen-bond acceptors (Lipinski definition) is 7. The lowest BCUT2D eigenvalue weighted by atomic mass is 10.1. The van der Waals surface area contributed by atoms with Crippen LogP contribution in [-0.2, 0) is 9.53 Å². The summed E-state index contributed by atoms with van der Waals surface area (Å²) in [5.41, 5.74) is 4.90. The zero-order valence-electron chi connectivity index (χ0n) is 19.9. The highest BCUT2D eigenvalue weighted by atomic mass is 16.5. The molecule has 0 fully saturated rings. The summed E-state index contributed by atoms with van der Waals surface area (Å²) in [4.78, 5) is 34.9. The molecule has 8 heteroatoms. The van der Waals surface area contributed by atoms with Crippen LogP contribution in [0.1, 0.15) is 28.4 Å². The van der Waals surface area contributed by atoms with Crippen LogP contribution < -0.4 is 5.32 Å². The minimum absolute atomic E-state index is 0.249. The molecule has 5 rings (SSSR count). The van der Waals surface area contributed by atoms with Gasteiger partial charge in [0.15, 0.2) is 17.6 Å². The summed E-state index contributed by atoms with van der Waals surface area (Å²) in [5, 5.41) is 2.82. The Morgan fingerprint density at radius 3 is 2.17 bits per heavy atom. The Bertz CT molecular complexity index is 1560. The highest BCUT2D eigenvalue weighted by Crippen LogP contribution is 2.31. The monoisotopic (exact) mass is 481 g/mol. The molecule has 0 bridgehead atoms. The normalized spacial score (nSPS) is 11.9. The number of aryl methyl sites for hydroxylation is 2. The lowest BCUT2D eigenvalue weighted by Gasteiger charge is -2.15. The Morgan fingerprint density at radius 2 is 1.53 bits per heavy atom. The van der Waals surface area contributed by atoms with E-state index in [9.17, 15) is 9.59 Å². The second-order valence-corrected chi connectivity index (χ2v) is 8.43. The van der Waals surface area contributed by atoms with E-state index < -0.39 is 18.0 Å². The molecule has 2 aromatic carbocycles. The van der Waals surface area contributed by atoms with Crippen molar-refractivity contribution >= 4 is 28.6 Å². The van der Waals surface area contributed by atoms with E-state index in [1.807, 2.05) is 32.0 Å². The molecule has 8 nitrogen and oxygen atoms in total. The Morgan fingerprint density at radius 1 is 0.861 bits per heavy atom. The number of anilines is 1. The van der Waals surface area contributed by atoms with Gasteiger partial charge in [-0.2, -0.15) is 0 Å². The summed E-state index contributed by atoms with van der Waals surface area (Å²) in [6.45, 7) is 5.37. The van der Waals surface area contributed by atoms with Crippen molar-refractivity contribution in [2.45, 2.75) is 26.9 Å². The van der Waals surface area contributed by atoms with Crippen molar-refractivity contribution in [3.8, 4) is 22.9 Å². The molecule has 1 amide bonds. The average Bonchev–Trinajstić information content (AvgIpc) is 3.60. The van der Waals surface area contributed by atoms with Crippen molar-refractivity contribution in [1.82, 2.24) is 9.97 Å². The van der Waals surface area contributed by atoms with E-state index in [0.29, 0.717) is 39.6 Å². The number of fused-ring (bicyclic) bond motifs is 1. The van der Waals surface area contributed by atoms with Crippen LogP contribution in [0.5, 0.6) is 0 Å². The first-order chi connectivity index (χ1) is 17.4. The first-order valence-electron chi connectivity index (χ1n) is 11.4. The van der Waals surface area contributed by atoms with Gasteiger partial charge in [-0.05, 0) is 80.4 Å². The van der Waals surface area contributed by atoms with Gasteiger partial charge >= 0.3 is 5.97 Å². The quantitative estimate of drug-likeness (QED) is 0.299. The highest BCUT2D eigenvalue weighted by molar-refractivity contribution is 5.99. The highest BCUT2D eigenvalue weighted by Gasteiger charge is 2.22. The van der Waals surface area contributed by atoms with Crippen LogP contribution in [0, 0.1) is 13.8 Å². The van der Waals surface area contributed by atoms with Gasteiger partial charge in [0.2, 0.25) is 0 Å². The number of nitrogens with one attached hydrogen (secondary N) is 1. The van der Waals surface area contributed by atoms with Gasteiger partial charge in [-0.15, -0.1) is 0 Å². The molecule has 0 aliphatic rings. The van der Waals surface area contributed by atoms with Gasteiger partial charge in [0.1, 0.15) is 11.4 Å². The van der Waals surface area contributed by atoms with Crippen LogP contribution >= 0.6 is 0 Å². The first-order valence-corrected chi connectivity index (χ1v) is 11.4. The van der Waals surface area contributed by atoms with Gasteiger partial charge in [-0.25, -0.2) is 14.8 Å². The van der Waals surface area contributed by atoms with Gasteiger partial charge in [-0.3, -0.25) is 4.79 Å². The number of aromatic nitrogens is 2. The summed E-state index contributed by atoms with van der Waals surface area (Å²) in [5.74, 6) is 0.00119. The third-order valence-electron chi connectivity index (χ3n) is 5.71. The number of furan rings is 2. The predicted octanol–water partition coefficient (Wildman–Crippen LogP) is 5.95. The number of esters is 1. The summed E-state index contributed by atoms with van der Waals surface area (Å²) >= 11 is 0. The van der Waals surface area contributed by atoms with E-state index in [1.54, 1.807) is 55.0 Å². The number of benzene rings is 2. The standard InChI is InChI=1S/C28H23N3O5/c1-16-8-9-17(2)21(14-16)31-27(32)18(3)36-28(33)19-10-11-20-22(15-19)30-26(24-7-5-13-35-24)25(29-20)23-6-4-12-34-23/h4-15,18H,1-3H3,(H,31,32). The molecule has 1 unspecified atom stereocenters. The van der Waals surface area contributed by atoms with Gasteiger partial charge in [0.25, 0.3) is 5.91 Å². The van der Waals surface area contributed by atoms with Gasteiger partial charge in [-0.1, -0.05) is 12.1 Å². The summed E-state index contributed by atoms with van der Waals surface area (Å²) in [6.07, 6.45) is 2.11. The molecular weight excluding hydrogens is 458 g/mol. The third kappa shape index (κ3) is 4.61. The number of amides is 1. The Balaban J connectivity index is 1.40. The second-order valence-electron chi connectivity index (χ2n) is 8.43. The zero-order valence-corrected chi connectivity index (χ0v) is 19.9. The predicted molar refractivity (Wildman–Crippen MR) is 134 cm³/mol. The lowest BCUT2D eigenvalue weighted by Crippen LogP contribution is -2.30. The van der Waals surface area contributed by atoms with E-state index >= 15 is 0 Å². The summed E-state index contributed by atoms with van der Waals surface area (Å²) in [7, 11) is 0. The van der Waals surface area contributed by atoms with Crippen LogP contribution in [0.4, 0.5) is 5.69 Å². The fraction of sp³-hybridized carbons (Fsp3) is 0.143. The molecule has 0 aliphatic heterocycles. The minimum atomic E-state index is -1.00. The van der Waals surface area contributed by atoms with E-state index in [4.69, 9.17) is 23.5 Å². The van der Waals surface area contributed by atoms with Crippen molar-refractivity contribution in [1.29, 1.82) is 0 Å². The number of hydrogen-bond donors (Lipinski definition) is 1. The van der Waals surface area contributed by atoms with E-state index in [0.717, 1.165) is 11.1 Å². The number of rotatable bonds is 6. The Kier molecular flexibility index (Phi) is 6.08. The van der Waals surface area contributed by atoms with Gasteiger partial charge in [0.05, 0.1) is 29.1 Å². The summed E-state index contributed by atoms with van der Waals surface area (Å²) in [6, 6.07) is 17.7. The SMILES string of the molecule is Cc1ccc(C)c(NC(=O)C(C)OC(=O)c2ccc3nc(-c4ccco4)c(-c4ccco4)nc3c2)c1. The van der Waals surface area contributed by atoms with Crippen LogP contribution in [0.3, 0.4) is 0 Å². The van der Waals surface area contributed by atoms with E-state index in [-0.39, 0.29) is 5.56 Å². The van der Waals surface area contributed by atoms with Crippen molar-refractivity contribution in [2.24, 2.45) is 0 Å². The molecule has 0 spiro atoms. The molecule has 1 N–H and O–H groups in total. The first kappa shape index (κ1) is 23.0. The fourth-order valence-corrected chi connectivity index (χ4v) is 3.74. The van der Waals surface area contributed by atoms with Crippen LogP contribution in [0.2, 0.25) is 0 Å². The van der Waals surface area contributed by atoms with Crippen molar-refractivity contribution in [3.63, 3.8) is 0 Å². The second kappa shape index (κ2) is 9.50. The molecule has 0 saturated carbocycles. The number of carbonyl (C=O) groups excluding carboxylic acids is 2. The maximum Gasteiger partial charge on any atom is 0.338 e. The van der Waals surface area contributed by atoms with Crippen LogP contribution in [0.15, 0.2) is 82.0 Å². The van der Waals surface area contributed by atoms with Gasteiger partial charge < -0.3 is 18.9 Å². The lowest BCUT2D eigenvalue weighted by molar-refractivity contribution is -0.123. The molecule has 180 valence electrons. The van der Waals surface area contributed by atoms with Crippen molar-refractivity contribution < 1.29 is 23.2 Å². The molecular formula is C28H23N3O5. The number of nitrogens with zero attached hydrogens (tertiary/aromatic N) is 2. The molecule has 5 aromatic rings. The Hall–Kier alpha value is -4.72. The van der Waals surface area contributed by atoms with Crippen LogP contribution in [0.25, 0.3) is 33.9 Å². The smallest absolute Gasteiger partial charge is 0.338 e. The van der Waals surface area contributed by atoms with E-state index in [2.05, 4.69) is 5.32 Å². The maximum atomic E-state index is 12.9. The largest absolute Gasteiger partial charge is 0.463 e. The van der Waals surface area contributed by atoms with E-state index in [1.165, 1.54) is 6.92 Å². The molecule has 3 heterocycles. The fourth-order valence-electron chi connectivity index (χ4n) is 3.74. The Labute approximate surface area is 206 Å². The number of ether oxygens (including phenoxy) is 1. The zero-order chi connectivity index (χ0) is 25.2. The molecule has 3 aromatic heterocycles. The minimum Gasteiger partial charge on any atom is -0.463 e. The molecule has 0 aliphatic carbocycles. The topological polar surface area (TPSA) is 107 Å².